The van der Waals surface area contributed by atoms with Crippen molar-refractivity contribution in [2.75, 3.05) is 0 Å². The molecule has 2 aromatic carbocycles. The van der Waals surface area contributed by atoms with Crippen LogP contribution in [-0.4, -0.2) is 5.24 Å². The van der Waals surface area contributed by atoms with Crippen LogP contribution >= 0.6 is 11.6 Å². The van der Waals surface area contributed by atoms with Gasteiger partial charge in [-0.05, 0) is 47.7 Å². The Kier molecular flexibility index (Phi) is 8.84. The number of carbonyl (C=O) groups excluding carboxylic acids is 1. The second kappa shape index (κ2) is 11.1. The van der Waals surface area contributed by atoms with Crippen LogP contribution in [-0.2, 0) is 6.42 Å². The van der Waals surface area contributed by atoms with Crippen molar-refractivity contribution in [3.63, 3.8) is 0 Å². The van der Waals surface area contributed by atoms with Gasteiger partial charge in [-0.2, -0.15) is 0 Å². The molecule has 1 nitrogen and oxygen atoms in total. The van der Waals surface area contributed by atoms with Crippen molar-refractivity contribution >= 4 is 16.8 Å². The summed E-state index contributed by atoms with van der Waals surface area (Å²) in [7, 11) is 0. The van der Waals surface area contributed by atoms with Gasteiger partial charge in [-0.3, -0.25) is 4.79 Å². The summed E-state index contributed by atoms with van der Waals surface area (Å²) in [5.74, 6) is -0.424. The van der Waals surface area contributed by atoms with Crippen LogP contribution in [0.4, 0.5) is 4.39 Å². The maximum atomic E-state index is 14.2. The van der Waals surface area contributed by atoms with Crippen LogP contribution in [0.25, 0.3) is 11.1 Å². The second-order valence-corrected chi connectivity index (χ2v) is 7.23. The van der Waals surface area contributed by atoms with Crippen molar-refractivity contribution in [3.8, 4) is 11.1 Å². The Morgan fingerprint density at radius 1 is 0.885 bits per heavy atom. The monoisotopic (exact) mass is 374 g/mol. The highest BCUT2D eigenvalue weighted by Gasteiger charge is 2.09. The van der Waals surface area contributed by atoms with E-state index in [2.05, 4.69) is 19.1 Å². The Bertz CT molecular complexity index is 694. The van der Waals surface area contributed by atoms with Gasteiger partial charge in [0.05, 0.1) is 0 Å². The highest BCUT2D eigenvalue weighted by atomic mass is 35.5. The average Bonchev–Trinajstić information content (AvgIpc) is 2.64. The van der Waals surface area contributed by atoms with E-state index in [1.54, 1.807) is 12.1 Å². The zero-order valence-electron chi connectivity index (χ0n) is 15.6. The molecule has 0 unspecified atom stereocenters. The first-order chi connectivity index (χ1) is 12.6. The second-order valence-electron chi connectivity index (χ2n) is 6.89. The van der Waals surface area contributed by atoms with E-state index in [1.807, 2.05) is 12.1 Å². The third-order valence-corrected chi connectivity index (χ3v) is 5.00. The lowest BCUT2D eigenvalue weighted by Crippen LogP contribution is -1.93. The van der Waals surface area contributed by atoms with Gasteiger partial charge >= 0.3 is 0 Å². The summed E-state index contributed by atoms with van der Waals surface area (Å²) in [5.41, 5.74) is 2.77. The minimum atomic E-state index is -0.642. The number of aryl methyl sites for hydroxylation is 1. The molecule has 2 aromatic rings. The lowest BCUT2D eigenvalue weighted by molar-refractivity contribution is 0.108. The summed E-state index contributed by atoms with van der Waals surface area (Å²) in [5, 5.41) is -0.642. The molecule has 0 bridgehead atoms. The maximum absolute atomic E-state index is 14.2. The summed E-state index contributed by atoms with van der Waals surface area (Å²) in [6, 6.07) is 12.4. The standard InChI is InChI=1S/C23H28ClFO/c1-2-3-4-5-6-7-8-9-10-18-11-13-19(14-12-18)21-16-15-20(23(24)26)17-22(21)25/h11-17H,2-10H2,1H3. The Balaban J connectivity index is 1.80. The van der Waals surface area contributed by atoms with E-state index in [0.717, 1.165) is 12.0 Å². The molecule has 0 saturated heterocycles. The fraction of sp³-hybridized carbons (Fsp3) is 0.435. The third kappa shape index (κ3) is 6.57. The predicted octanol–water partition coefficient (Wildman–Crippen LogP) is 7.55. The molecule has 0 amide bonds. The molecular weight excluding hydrogens is 347 g/mol. The molecule has 0 atom stereocenters. The van der Waals surface area contributed by atoms with Crippen molar-refractivity contribution < 1.29 is 9.18 Å². The van der Waals surface area contributed by atoms with E-state index in [-0.39, 0.29) is 5.56 Å². The van der Waals surface area contributed by atoms with E-state index >= 15 is 0 Å². The Labute approximate surface area is 161 Å². The average molecular weight is 375 g/mol. The zero-order chi connectivity index (χ0) is 18.8. The smallest absolute Gasteiger partial charge is 0.252 e. The molecule has 0 aliphatic rings. The van der Waals surface area contributed by atoms with Gasteiger partial charge < -0.3 is 0 Å². The maximum Gasteiger partial charge on any atom is 0.252 e. The zero-order valence-corrected chi connectivity index (χ0v) is 16.3. The molecule has 0 fully saturated rings. The number of unbranched alkanes of at least 4 members (excludes halogenated alkanes) is 7. The Hall–Kier alpha value is -1.67. The van der Waals surface area contributed by atoms with Crippen LogP contribution in [0.3, 0.4) is 0 Å². The molecule has 0 aliphatic heterocycles. The van der Waals surface area contributed by atoms with E-state index in [0.29, 0.717) is 5.56 Å². The first-order valence-corrected chi connectivity index (χ1v) is 10.1. The first kappa shape index (κ1) is 20.6. The van der Waals surface area contributed by atoms with Gasteiger partial charge in [-0.1, -0.05) is 82.2 Å². The highest BCUT2D eigenvalue weighted by Crippen LogP contribution is 2.25. The first-order valence-electron chi connectivity index (χ1n) is 9.70. The van der Waals surface area contributed by atoms with E-state index in [1.165, 1.54) is 63.0 Å². The van der Waals surface area contributed by atoms with Crippen LogP contribution in [0.15, 0.2) is 42.5 Å². The van der Waals surface area contributed by atoms with Gasteiger partial charge in [-0.15, -0.1) is 0 Å². The lowest BCUT2D eigenvalue weighted by atomic mass is 9.99. The van der Waals surface area contributed by atoms with Crippen LogP contribution in [0.2, 0.25) is 0 Å². The van der Waals surface area contributed by atoms with E-state index in [9.17, 15) is 9.18 Å². The topological polar surface area (TPSA) is 17.1 Å². The molecule has 26 heavy (non-hydrogen) atoms. The van der Waals surface area contributed by atoms with Gasteiger partial charge in [-0.25, -0.2) is 4.39 Å². The minimum Gasteiger partial charge on any atom is -0.276 e. The van der Waals surface area contributed by atoms with Crippen molar-refractivity contribution in [2.24, 2.45) is 0 Å². The van der Waals surface area contributed by atoms with Gasteiger partial charge in [0.1, 0.15) is 5.82 Å². The van der Waals surface area contributed by atoms with Crippen LogP contribution in [0.1, 0.15) is 74.2 Å². The van der Waals surface area contributed by atoms with Crippen LogP contribution in [0.5, 0.6) is 0 Å². The van der Waals surface area contributed by atoms with Crippen LogP contribution in [0, 0.1) is 5.82 Å². The molecule has 0 radical (unpaired) electrons. The molecule has 0 spiro atoms. The number of benzene rings is 2. The minimum absolute atomic E-state index is 0.180. The summed E-state index contributed by atoms with van der Waals surface area (Å²) in [6.07, 6.45) is 11.6. The molecule has 0 N–H and O–H groups in total. The summed E-state index contributed by atoms with van der Waals surface area (Å²) in [6.45, 7) is 2.25. The largest absolute Gasteiger partial charge is 0.276 e. The Morgan fingerprint density at radius 3 is 2.08 bits per heavy atom. The Morgan fingerprint density at radius 2 is 1.50 bits per heavy atom. The predicted molar refractivity (Wildman–Crippen MR) is 108 cm³/mol. The SMILES string of the molecule is CCCCCCCCCCc1ccc(-c2ccc(C(=O)Cl)cc2F)cc1. The number of hydrogen-bond donors (Lipinski definition) is 0. The molecule has 0 aliphatic carbocycles. The van der Waals surface area contributed by atoms with Crippen molar-refractivity contribution in [3.05, 3.63) is 59.4 Å². The number of hydrogen-bond acceptors (Lipinski definition) is 1. The van der Waals surface area contributed by atoms with Crippen LogP contribution < -0.4 is 0 Å². The molecular formula is C23H28ClFO. The van der Waals surface area contributed by atoms with E-state index < -0.39 is 11.1 Å². The molecule has 3 heteroatoms. The molecule has 140 valence electrons. The normalized spacial score (nSPS) is 10.9. The summed E-state index contributed by atoms with van der Waals surface area (Å²) < 4.78 is 14.2. The summed E-state index contributed by atoms with van der Waals surface area (Å²) >= 11 is 5.39. The third-order valence-electron chi connectivity index (χ3n) is 4.78. The molecule has 0 saturated carbocycles. The fourth-order valence-corrected chi connectivity index (χ4v) is 3.30. The number of rotatable bonds is 11. The summed E-state index contributed by atoms with van der Waals surface area (Å²) in [4.78, 5) is 11.1. The van der Waals surface area contributed by atoms with Gasteiger partial charge in [0.25, 0.3) is 5.24 Å². The highest BCUT2D eigenvalue weighted by molar-refractivity contribution is 6.67. The number of carbonyl (C=O) groups is 1. The van der Waals surface area contributed by atoms with Gasteiger partial charge in [0, 0.05) is 11.1 Å². The lowest BCUT2D eigenvalue weighted by Gasteiger charge is -2.07. The van der Waals surface area contributed by atoms with E-state index in [4.69, 9.17) is 11.6 Å². The molecule has 0 heterocycles. The van der Waals surface area contributed by atoms with Crippen molar-refractivity contribution in [2.45, 2.75) is 64.7 Å². The fourth-order valence-electron chi connectivity index (χ4n) is 3.19. The van der Waals surface area contributed by atoms with Gasteiger partial charge in [0.2, 0.25) is 0 Å². The van der Waals surface area contributed by atoms with Gasteiger partial charge in [0.15, 0.2) is 0 Å². The number of halogens is 2. The van der Waals surface area contributed by atoms with Crippen molar-refractivity contribution in [1.82, 2.24) is 0 Å². The quantitative estimate of drug-likeness (QED) is 0.293. The van der Waals surface area contributed by atoms with Crippen molar-refractivity contribution in [1.29, 1.82) is 0 Å². The molecule has 2 rings (SSSR count). The molecule has 0 aromatic heterocycles.